The molecule has 2 heteroatoms. The lowest BCUT2D eigenvalue weighted by Crippen LogP contribution is -1.85. The molecule has 0 aliphatic carbocycles. The first-order valence-corrected chi connectivity index (χ1v) is 13.1. The molecule has 27 heavy (non-hydrogen) atoms. The largest absolute Gasteiger partial charge is 0.396 e. The molecule has 0 aliphatic heterocycles. The monoisotopic (exact) mass is 402 g/mol. The Hall–Kier alpha value is 0.250. The van der Waals surface area contributed by atoms with E-state index in [1.807, 2.05) is 0 Å². The smallest absolute Gasteiger partial charge is 0.0431 e. The SMILES string of the molecule is OCCCCCCCCCCCCCCCCCCCCCCCCCCl. The third-order valence-electron chi connectivity index (χ3n) is 5.79. The maximum Gasteiger partial charge on any atom is 0.0431 e. The lowest BCUT2D eigenvalue weighted by atomic mass is 10.0. The highest BCUT2D eigenvalue weighted by Crippen LogP contribution is 2.15. The molecule has 0 aromatic heterocycles. The van der Waals surface area contributed by atoms with Crippen LogP contribution in [0, 0.1) is 0 Å². The lowest BCUT2D eigenvalue weighted by Gasteiger charge is -2.04. The van der Waals surface area contributed by atoms with E-state index in [2.05, 4.69) is 0 Å². The molecule has 0 aromatic rings. The van der Waals surface area contributed by atoms with Crippen molar-refractivity contribution in [3.05, 3.63) is 0 Å². The van der Waals surface area contributed by atoms with Gasteiger partial charge in [-0.2, -0.15) is 0 Å². The second-order valence-corrected chi connectivity index (χ2v) is 8.92. The van der Waals surface area contributed by atoms with Crippen molar-refractivity contribution in [2.75, 3.05) is 12.5 Å². The quantitative estimate of drug-likeness (QED) is 0.126. The number of hydrogen-bond donors (Lipinski definition) is 1. The predicted molar refractivity (Wildman–Crippen MR) is 124 cm³/mol. The van der Waals surface area contributed by atoms with Crippen molar-refractivity contribution in [3.63, 3.8) is 0 Å². The van der Waals surface area contributed by atoms with E-state index in [9.17, 15) is 0 Å². The van der Waals surface area contributed by atoms with Crippen LogP contribution in [0.1, 0.15) is 148 Å². The maximum absolute atomic E-state index is 8.74. The summed E-state index contributed by atoms with van der Waals surface area (Å²) in [6, 6.07) is 0. The van der Waals surface area contributed by atoms with Crippen molar-refractivity contribution in [2.24, 2.45) is 0 Å². The van der Waals surface area contributed by atoms with Gasteiger partial charge in [0.05, 0.1) is 0 Å². The third-order valence-corrected chi connectivity index (χ3v) is 6.06. The highest BCUT2D eigenvalue weighted by atomic mass is 35.5. The molecule has 0 atom stereocenters. The summed E-state index contributed by atoms with van der Waals surface area (Å²) >= 11 is 5.69. The van der Waals surface area contributed by atoms with E-state index in [0.717, 1.165) is 12.3 Å². The fraction of sp³-hybridized carbons (Fsp3) is 1.00. The van der Waals surface area contributed by atoms with Gasteiger partial charge in [0, 0.05) is 12.5 Å². The minimum absolute atomic E-state index is 0.371. The molecule has 0 aromatic carbocycles. The molecular formula is C25H51ClO. The molecule has 0 amide bonds. The second kappa shape index (κ2) is 26.2. The fourth-order valence-corrected chi connectivity index (χ4v) is 4.11. The number of hydrogen-bond acceptors (Lipinski definition) is 1. The Labute approximate surface area is 177 Å². The first-order valence-electron chi connectivity index (χ1n) is 12.6. The first kappa shape index (κ1) is 27.2. The van der Waals surface area contributed by atoms with Crippen LogP contribution < -0.4 is 0 Å². The van der Waals surface area contributed by atoms with Gasteiger partial charge in [-0.15, -0.1) is 11.6 Å². The van der Waals surface area contributed by atoms with Gasteiger partial charge >= 0.3 is 0 Å². The van der Waals surface area contributed by atoms with E-state index in [1.165, 1.54) is 141 Å². The summed E-state index contributed by atoms with van der Waals surface area (Å²) in [4.78, 5) is 0. The van der Waals surface area contributed by atoms with E-state index in [-0.39, 0.29) is 0 Å². The summed E-state index contributed by atoms with van der Waals surface area (Å²) < 4.78 is 0. The van der Waals surface area contributed by atoms with Gasteiger partial charge in [-0.05, 0) is 12.8 Å². The molecule has 0 bridgehead atoms. The molecule has 0 heterocycles. The maximum atomic E-state index is 8.74. The van der Waals surface area contributed by atoms with Crippen LogP contribution in [-0.4, -0.2) is 17.6 Å². The summed E-state index contributed by atoms with van der Waals surface area (Å²) in [6.45, 7) is 0.371. The number of unbranched alkanes of at least 4 members (excludes halogenated alkanes) is 22. The van der Waals surface area contributed by atoms with Crippen molar-refractivity contribution in [3.8, 4) is 0 Å². The van der Waals surface area contributed by atoms with Crippen LogP contribution in [0.2, 0.25) is 0 Å². The number of alkyl halides is 1. The Balaban J connectivity index is 2.95. The molecule has 0 aliphatic rings. The number of aliphatic hydroxyl groups is 1. The van der Waals surface area contributed by atoms with Crippen molar-refractivity contribution in [1.29, 1.82) is 0 Å². The summed E-state index contributed by atoms with van der Waals surface area (Å²) in [5, 5.41) is 8.74. The van der Waals surface area contributed by atoms with Gasteiger partial charge in [-0.1, -0.05) is 135 Å². The Morgan fingerprint density at radius 2 is 0.481 bits per heavy atom. The standard InChI is InChI=1S/C25H51ClO/c26-24-22-20-18-16-14-12-10-8-6-4-2-1-3-5-7-9-11-13-15-17-19-21-23-25-27/h27H,1-25H2. The molecule has 0 saturated carbocycles. The van der Waals surface area contributed by atoms with E-state index in [0.29, 0.717) is 6.61 Å². The molecule has 0 rings (SSSR count). The molecular weight excluding hydrogens is 352 g/mol. The van der Waals surface area contributed by atoms with Crippen LogP contribution >= 0.6 is 11.6 Å². The van der Waals surface area contributed by atoms with Gasteiger partial charge in [0.15, 0.2) is 0 Å². The zero-order valence-electron chi connectivity index (χ0n) is 18.5. The van der Waals surface area contributed by atoms with Crippen LogP contribution in [0.25, 0.3) is 0 Å². The Bertz CT molecular complexity index is 220. The van der Waals surface area contributed by atoms with Crippen LogP contribution in [-0.2, 0) is 0 Å². The molecule has 0 saturated heterocycles. The number of aliphatic hydroxyl groups excluding tert-OH is 1. The van der Waals surface area contributed by atoms with Crippen molar-refractivity contribution < 1.29 is 5.11 Å². The topological polar surface area (TPSA) is 20.2 Å². The van der Waals surface area contributed by atoms with E-state index >= 15 is 0 Å². The molecule has 1 nitrogen and oxygen atoms in total. The molecule has 164 valence electrons. The first-order chi connectivity index (χ1) is 13.4. The zero-order valence-corrected chi connectivity index (χ0v) is 19.3. The average Bonchev–Trinajstić information content (AvgIpc) is 2.68. The minimum atomic E-state index is 0.371. The molecule has 0 fully saturated rings. The predicted octanol–water partition coefficient (Wildman–Crippen LogP) is 9.19. The van der Waals surface area contributed by atoms with Crippen LogP contribution in [0.15, 0.2) is 0 Å². The fourth-order valence-electron chi connectivity index (χ4n) is 3.92. The Morgan fingerprint density at radius 3 is 0.667 bits per heavy atom. The Kier molecular flexibility index (Phi) is 26.5. The minimum Gasteiger partial charge on any atom is -0.396 e. The summed E-state index contributed by atoms with van der Waals surface area (Å²) in [7, 11) is 0. The molecule has 1 N–H and O–H groups in total. The third kappa shape index (κ3) is 26.2. The summed E-state index contributed by atoms with van der Waals surface area (Å²) in [5.74, 6) is 0.841. The highest BCUT2D eigenvalue weighted by molar-refractivity contribution is 6.17. The Morgan fingerprint density at radius 1 is 0.296 bits per heavy atom. The van der Waals surface area contributed by atoms with Crippen LogP contribution in [0.5, 0.6) is 0 Å². The van der Waals surface area contributed by atoms with E-state index in [4.69, 9.17) is 16.7 Å². The molecule has 0 spiro atoms. The van der Waals surface area contributed by atoms with Gasteiger partial charge in [-0.3, -0.25) is 0 Å². The number of halogens is 1. The van der Waals surface area contributed by atoms with Crippen molar-refractivity contribution in [2.45, 2.75) is 148 Å². The van der Waals surface area contributed by atoms with E-state index < -0.39 is 0 Å². The van der Waals surface area contributed by atoms with Gasteiger partial charge in [0.25, 0.3) is 0 Å². The van der Waals surface area contributed by atoms with Crippen molar-refractivity contribution in [1.82, 2.24) is 0 Å². The van der Waals surface area contributed by atoms with Gasteiger partial charge in [-0.25, -0.2) is 0 Å². The van der Waals surface area contributed by atoms with Gasteiger partial charge in [0.2, 0.25) is 0 Å². The second-order valence-electron chi connectivity index (χ2n) is 8.54. The summed E-state index contributed by atoms with van der Waals surface area (Å²) in [6.07, 6.45) is 32.0. The summed E-state index contributed by atoms with van der Waals surface area (Å²) in [5.41, 5.74) is 0. The normalized spacial score (nSPS) is 11.3. The van der Waals surface area contributed by atoms with Crippen LogP contribution in [0.4, 0.5) is 0 Å². The molecule has 0 unspecified atom stereocenters. The van der Waals surface area contributed by atoms with E-state index in [1.54, 1.807) is 0 Å². The average molecular weight is 403 g/mol. The van der Waals surface area contributed by atoms with Crippen molar-refractivity contribution >= 4 is 11.6 Å². The molecule has 0 radical (unpaired) electrons. The van der Waals surface area contributed by atoms with Gasteiger partial charge in [0.1, 0.15) is 0 Å². The van der Waals surface area contributed by atoms with Crippen LogP contribution in [0.3, 0.4) is 0 Å². The number of rotatable bonds is 24. The highest BCUT2D eigenvalue weighted by Gasteiger charge is 1.96. The lowest BCUT2D eigenvalue weighted by molar-refractivity contribution is 0.282. The van der Waals surface area contributed by atoms with Gasteiger partial charge < -0.3 is 5.11 Å². The zero-order chi connectivity index (χ0) is 19.7.